The van der Waals surface area contributed by atoms with Crippen molar-refractivity contribution in [2.75, 3.05) is 18.5 Å². The maximum atomic E-state index is 11.8. The number of β-amino-alcohol motifs (C(OH)–C–C–N with tert-alkyl or cyclic N) is 1. The highest BCUT2D eigenvalue weighted by Gasteiger charge is 2.23. The molecule has 0 unspecified atom stereocenters. The molecule has 1 aliphatic heterocycles. The van der Waals surface area contributed by atoms with Crippen LogP contribution in [-0.2, 0) is 17.8 Å². The summed E-state index contributed by atoms with van der Waals surface area (Å²) in [5.74, 6) is 0. The van der Waals surface area contributed by atoms with Gasteiger partial charge in [-0.1, -0.05) is 12.1 Å². The molecule has 0 atom stereocenters. The number of carbonyl (C=O) groups is 1. The molecular formula is C15H22N2O3. The molecule has 0 bridgehead atoms. The zero-order chi connectivity index (χ0) is 14.8. The van der Waals surface area contributed by atoms with E-state index in [9.17, 15) is 4.79 Å². The summed E-state index contributed by atoms with van der Waals surface area (Å²) < 4.78 is 5.27. The van der Waals surface area contributed by atoms with Crippen molar-refractivity contribution in [3.8, 4) is 0 Å². The van der Waals surface area contributed by atoms with E-state index in [1.165, 1.54) is 5.56 Å². The Balaban J connectivity index is 2.08. The second kappa shape index (κ2) is 5.81. The third-order valence-electron chi connectivity index (χ3n) is 3.10. The molecule has 0 saturated carbocycles. The van der Waals surface area contributed by atoms with Gasteiger partial charge in [-0.3, -0.25) is 10.2 Å². The maximum Gasteiger partial charge on any atom is 0.412 e. The lowest BCUT2D eigenvalue weighted by molar-refractivity contribution is 0.0635. The average molecular weight is 278 g/mol. The molecule has 0 spiro atoms. The third-order valence-corrected chi connectivity index (χ3v) is 3.10. The van der Waals surface area contributed by atoms with E-state index in [0.717, 1.165) is 24.3 Å². The van der Waals surface area contributed by atoms with Crippen LogP contribution in [0.15, 0.2) is 18.2 Å². The summed E-state index contributed by atoms with van der Waals surface area (Å²) in [6, 6.07) is 5.85. The minimum atomic E-state index is -0.509. The smallest absolute Gasteiger partial charge is 0.412 e. The van der Waals surface area contributed by atoms with Gasteiger partial charge in [0.2, 0.25) is 0 Å². The number of anilines is 1. The van der Waals surface area contributed by atoms with Crippen LogP contribution >= 0.6 is 0 Å². The predicted octanol–water partition coefficient (Wildman–Crippen LogP) is 2.34. The molecule has 1 aliphatic rings. The largest absolute Gasteiger partial charge is 0.444 e. The van der Waals surface area contributed by atoms with Gasteiger partial charge in [-0.25, -0.2) is 4.79 Å². The Morgan fingerprint density at radius 1 is 1.40 bits per heavy atom. The number of aliphatic hydroxyl groups is 1. The van der Waals surface area contributed by atoms with Crippen molar-refractivity contribution in [3.05, 3.63) is 29.3 Å². The number of hydrogen-bond donors (Lipinski definition) is 2. The van der Waals surface area contributed by atoms with Crippen LogP contribution in [0.1, 0.15) is 31.9 Å². The van der Waals surface area contributed by atoms with E-state index in [4.69, 9.17) is 9.84 Å². The van der Waals surface area contributed by atoms with E-state index in [0.29, 0.717) is 6.54 Å². The molecule has 2 N–H and O–H groups in total. The van der Waals surface area contributed by atoms with Gasteiger partial charge in [0.25, 0.3) is 0 Å². The first-order valence-corrected chi connectivity index (χ1v) is 6.83. The van der Waals surface area contributed by atoms with Crippen molar-refractivity contribution >= 4 is 11.8 Å². The fraction of sp³-hybridized carbons (Fsp3) is 0.533. The van der Waals surface area contributed by atoms with Crippen LogP contribution in [0, 0.1) is 0 Å². The molecule has 1 amide bonds. The number of fused-ring (bicyclic) bond motifs is 1. The van der Waals surface area contributed by atoms with E-state index in [2.05, 4.69) is 10.2 Å². The Kier molecular flexibility index (Phi) is 4.30. The number of nitrogens with one attached hydrogen (secondary N) is 1. The van der Waals surface area contributed by atoms with Crippen LogP contribution in [0.25, 0.3) is 0 Å². The second-order valence-electron chi connectivity index (χ2n) is 6.00. The van der Waals surface area contributed by atoms with Crippen LogP contribution < -0.4 is 5.32 Å². The van der Waals surface area contributed by atoms with E-state index in [1.54, 1.807) is 0 Å². The van der Waals surface area contributed by atoms with Crippen LogP contribution in [-0.4, -0.2) is 34.9 Å². The Bertz CT molecular complexity index is 494. The van der Waals surface area contributed by atoms with E-state index in [-0.39, 0.29) is 6.61 Å². The lowest BCUT2D eigenvalue weighted by atomic mass is 10.1. The highest BCUT2D eigenvalue weighted by Crippen LogP contribution is 2.29. The number of hydrogen-bond acceptors (Lipinski definition) is 4. The molecule has 0 fully saturated rings. The SMILES string of the molecule is CC(C)(C)OC(=O)Nc1cccc2c1CN(CCO)C2. The molecule has 2 rings (SSSR count). The number of rotatable bonds is 3. The van der Waals surface area contributed by atoms with Crippen LogP contribution in [0.3, 0.4) is 0 Å². The molecule has 110 valence electrons. The third kappa shape index (κ3) is 3.71. The number of benzene rings is 1. The van der Waals surface area contributed by atoms with E-state index in [1.807, 2.05) is 39.0 Å². The summed E-state index contributed by atoms with van der Waals surface area (Å²) >= 11 is 0. The summed E-state index contributed by atoms with van der Waals surface area (Å²) in [5, 5.41) is 11.8. The second-order valence-corrected chi connectivity index (χ2v) is 6.00. The average Bonchev–Trinajstić information content (AvgIpc) is 2.70. The Morgan fingerprint density at radius 3 is 2.80 bits per heavy atom. The van der Waals surface area contributed by atoms with Gasteiger partial charge in [-0.05, 0) is 38.0 Å². The van der Waals surface area contributed by atoms with E-state index >= 15 is 0 Å². The summed E-state index contributed by atoms with van der Waals surface area (Å²) in [7, 11) is 0. The van der Waals surface area contributed by atoms with Crippen molar-refractivity contribution in [1.29, 1.82) is 0 Å². The fourth-order valence-corrected chi connectivity index (χ4v) is 2.32. The van der Waals surface area contributed by atoms with Crippen molar-refractivity contribution in [3.63, 3.8) is 0 Å². The Labute approximate surface area is 119 Å². The van der Waals surface area contributed by atoms with Crippen molar-refractivity contribution in [1.82, 2.24) is 4.90 Å². The molecule has 5 heteroatoms. The van der Waals surface area contributed by atoms with Crippen LogP contribution in [0.2, 0.25) is 0 Å². The predicted molar refractivity (Wildman–Crippen MR) is 77.5 cm³/mol. The molecule has 0 aliphatic carbocycles. The first kappa shape index (κ1) is 14.8. The maximum absolute atomic E-state index is 11.8. The highest BCUT2D eigenvalue weighted by atomic mass is 16.6. The van der Waals surface area contributed by atoms with Crippen molar-refractivity contribution in [2.24, 2.45) is 0 Å². The molecule has 0 aromatic heterocycles. The van der Waals surface area contributed by atoms with E-state index < -0.39 is 11.7 Å². The van der Waals surface area contributed by atoms with Gasteiger partial charge in [0.05, 0.1) is 6.61 Å². The molecule has 1 heterocycles. The Morgan fingerprint density at radius 2 is 2.15 bits per heavy atom. The zero-order valence-electron chi connectivity index (χ0n) is 12.3. The highest BCUT2D eigenvalue weighted by molar-refractivity contribution is 5.86. The summed E-state index contributed by atoms with van der Waals surface area (Å²) in [4.78, 5) is 14.0. The summed E-state index contributed by atoms with van der Waals surface area (Å²) in [5.41, 5.74) is 2.57. The Hall–Kier alpha value is -1.59. The molecule has 20 heavy (non-hydrogen) atoms. The van der Waals surface area contributed by atoms with Crippen LogP contribution in [0.5, 0.6) is 0 Å². The minimum absolute atomic E-state index is 0.142. The molecule has 0 saturated heterocycles. The number of nitrogens with zero attached hydrogens (tertiary/aromatic N) is 1. The lowest BCUT2D eigenvalue weighted by Crippen LogP contribution is -2.27. The van der Waals surface area contributed by atoms with Gasteiger partial charge in [0, 0.05) is 25.3 Å². The summed E-state index contributed by atoms with van der Waals surface area (Å²) in [6.07, 6.45) is -0.438. The molecule has 0 radical (unpaired) electrons. The lowest BCUT2D eigenvalue weighted by Gasteiger charge is -2.20. The van der Waals surface area contributed by atoms with Crippen molar-refractivity contribution in [2.45, 2.75) is 39.5 Å². The first-order chi connectivity index (χ1) is 9.39. The standard InChI is InChI=1S/C15H22N2O3/c1-15(2,3)20-14(19)16-13-6-4-5-11-9-17(7-8-18)10-12(11)13/h4-6,18H,7-10H2,1-3H3,(H,16,19). The normalized spacial score (nSPS) is 15.0. The van der Waals surface area contributed by atoms with Gasteiger partial charge in [0.15, 0.2) is 0 Å². The topological polar surface area (TPSA) is 61.8 Å². The number of amides is 1. The van der Waals surface area contributed by atoms with Gasteiger partial charge < -0.3 is 9.84 Å². The van der Waals surface area contributed by atoms with Gasteiger partial charge in [-0.15, -0.1) is 0 Å². The fourth-order valence-electron chi connectivity index (χ4n) is 2.32. The number of aliphatic hydroxyl groups excluding tert-OH is 1. The van der Waals surface area contributed by atoms with Gasteiger partial charge in [-0.2, -0.15) is 0 Å². The van der Waals surface area contributed by atoms with Gasteiger partial charge >= 0.3 is 6.09 Å². The quantitative estimate of drug-likeness (QED) is 0.891. The molecule has 1 aromatic rings. The number of ether oxygens (including phenoxy) is 1. The minimum Gasteiger partial charge on any atom is -0.444 e. The molecule has 1 aromatic carbocycles. The number of carbonyl (C=O) groups excluding carboxylic acids is 1. The first-order valence-electron chi connectivity index (χ1n) is 6.83. The van der Waals surface area contributed by atoms with Crippen molar-refractivity contribution < 1.29 is 14.6 Å². The summed E-state index contributed by atoms with van der Waals surface area (Å²) in [6.45, 7) is 7.84. The molecular weight excluding hydrogens is 256 g/mol. The molecule has 5 nitrogen and oxygen atoms in total. The van der Waals surface area contributed by atoms with Gasteiger partial charge in [0.1, 0.15) is 5.60 Å². The zero-order valence-corrected chi connectivity index (χ0v) is 12.3. The monoisotopic (exact) mass is 278 g/mol. The van der Waals surface area contributed by atoms with Crippen LogP contribution in [0.4, 0.5) is 10.5 Å².